The summed E-state index contributed by atoms with van der Waals surface area (Å²) in [6.45, 7) is 2.58. The fourth-order valence-electron chi connectivity index (χ4n) is 8.28. The van der Waals surface area contributed by atoms with Crippen LogP contribution in [-0.2, 0) is 0 Å². The molecule has 12 heteroatoms. The van der Waals surface area contributed by atoms with Gasteiger partial charge in [-0.15, -0.1) is 0 Å². The zero-order valence-corrected chi connectivity index (χ0v) is 23.1. The molecule has 7 atom stereocenters. The molecule has 6 aliphatic rings. The normalized spacial score (nSPS) is 42.9. The highest BCUT2D eigenvalue weighted by molar-refractivity contribution is 5.80. The predicted octanol–water partition coefficient (Wildman–Crippen LogP) is 1.65. The van der Waals surface area contributed by atoms with E-state index in [4.69, 9.17) is 5.41 Å². The number of nitrogens with zero attached hydrogens (tertiary/aromatic N) is 4. The molecular formula is C27H44F3N9. The van der Waals surface area contributed by atoms with Gasteiger partial charge in [0.1, 0.15) is 12.2 Å². The zero-order valence-electron chi connectivity index (χ0n) is 23.1. The number of hydrogen-bond acceptors (Lipinski definition) is 7. The average molecular weight is 552 g/mol. The van der Waals surface area contributed by atoms with Crippen molar-refractivity contribution in [3.63, 3.8) is 0 Å². The van der Waals surface area contributed by atoms with Crippen LogP contribution in [0.5, 0.6) is 0 Å². The fraction of sp³-hybridized carbons (Fsp3) is 0.926. The Bertz CT molecular complexity index is 957. The Morgan fingerprint density at radius 3 is 2.44 bits per heavy atom. The van der Waals surface area contributed by atoms with E-state index in [1.807, 2.05) is 11.9 Å². The molecule has 9 nitrogen and oxygen atoms in total. The summed E-state index contributed by atoms with van der Waals surface area (Å²) >= 11 is 0. The molecule has 5 N–H and O–H groups in total. The summed E-state index contributed by atoms with van der Waals surface area (Å²) in [5.41, 5.74) is -0.231. The summed E-state index contributed by atoms with van der Waals surface area (Å²) in [6.07, 6.45) is 3.61. The number of alkyl halides is 3. The molecular weight excluding hydrogens is 507 g/mol. The lowest BCUT2D eigenvalue weighted by atomic mass is 9.78. The Balaban J connectivity index is 1.08. The first-order chi connectivity index (χ1) is 18.6. The lowest BCUT2D eigenvalue weighted by Crippen LogP contribution is -2.69. The Kier molecular flexibility index (Phi) is 7.28. The molecule has 6 fully saturated rings. The van der Waals surface area contributed by atoms with Gasteiger partial charge >= 0.3 is 6.18 Å². The van der Waals surface area contributed by atoms with E-state index in [0.29, 0.717) is 17.8 Å². The van der Waals surface area contributed by atoms with Gasteiger partial charge in [-0.2, -0.15) is 18.4 Å². The molecule has 0 amide bonds. The van der Waals surface area contributed by atoms with Crippen molar-refractivity contribution in [2.24, 2.45) is 23.2 Å². The zero-order chi connectivity index (χ0) is 27.5. The first-order valence-electron chi connectivity index (χ1n) is 14.9. The van der Waals surface area contributed by atoms with Crippen LogP contribution < -0.4 is 21.3 Å². The van der Waals surface area contributed by atoms with Crippen molar-refractivity contribution < 1.29 is 13.2 Å². The van der Waals surface area contributed by atoms with Crippen LogP contribution in [0.15, 0.2) is 0 Å². The minimum absolute atomic E-state index is 0.0160. The molecule has 0 bridgehead atoms. The average Bonchev–Trinajstić information content (AvgIpc) is 3.58. The van der Waals surface area contributed by atoms with Gasteiger partial charge in [0.15, 0.2) is 5.96 Å². The quantitative estimate of drug-likeness (QED) is 0.352. The number of fused-ring (bicyclic) bond motifs is 1. The molecule has 4 heterocycles. The topological polar surface area (TPSA) is 105 Å². The molecule has 39 heavy (non-hydrogen) atoms. The van der Waals surface area contributed by atoms with E-state index >= 15 is 0 Å². The standard InChI is InChI=1S/C27H44F3N9/c1-37-14-20(27(28,29)30)35-23(37)17-7-5-16(6-8-17)13-39-24-19(38(2)25(39)32)12-34-22(36-24)18-4-3-11-33-21(18)26(15-31)9-10-26/h16-24,32-36H,3-14H2,1-2H3. The van der Waals surface area contributed by atoms with Crippen LogP contribution in [0.3, 0.4) is 0 Å². The summed E-state index contributed by atoms with van der Waals surface area (Å²) in [6, 6.07) is 1.54. The van der Waals surface area contributed by atoms with E-state index in [1.165, 1.54) is 0 Å². The smallest absolute Gasteiger partial charge is 0.338 e. The number of nitriles is 1. The molecule has 0 radical (unpaired) electrons. The molecule has 0 aromatic carbocycles. The summed E-state index contributed by atoms with van der Waals surface area (Å²) < 4.78 is 39.8. The SMILES string of the molecule is CN1CC(C(F)(F)F)NC1C1CCC(CN2C(=N)N(C)C3CNC(C4CCCNC4C4(C#N)CC4)NC32)CC1. The van der Waals surface area contributed by atoms with Crippen molar-refractivity contribution in [3.05, 3.63) is 0 Å². The van der Waals surface area contributed by atoms with Gasteiger partial charge in [0.25, 0.3) is 0 Å². The highest BCUT2D eigenvalue weighted by Crippen LogP contribution is 2.52. The fourth-order valence-corrected chi connectivity index (χ4v) is 8.28. The van der Waals surface area contributed by atoms with Gasteiger partial charge in [-0.05, 0) is 76.8 Å². The van der Waals surface area contributed by atoms with E-state index in [-0.39, 0.29) is 48.5 Å². The van der Waals surface area contributed by atoms with Gasteiger partial charge in [0.05, 0.1) is 29.9 Å². The molecule has 7 unspecified atom stereocenters. The van der Waals surface area contributed by atoms with Crippen molar-refractivity contribution in [2.45, 2.75) is 94.2 Å². The maximum absolute atomic E-state index is 13.3. The van der Waals surface area contributed by atoms with Crippen LogP contribution in [0.25, 0.3) is 0 Å². The molecule has 0 aromatic rings. The number of piperidine rings is 1. The van der Waals surface area contributed by atoms with E-state index in [2.05, 4.69) is 37.1 Å². The molecule has 2 aliphatic carbocycles. The number of nitrogens with one attached hydrogen (secondary N) is 5. The second-order valence-corrected chi connectivity index (χ2v) is 13.1. The van der Waals surface area contributed by atoms with E-state index < -0.39 is 12.2 Å². The lowest BCUT2D eigenvalue weighted by molar-refractivity contribution is -0.150. The number of hydrogen-bond donors (Lipinski definition) is 5. The summed E-state index contributed by atoms with van der Waals surface area (Å²) in [5.74, 6) is 1.52. The molecule has 218 valence electrons. The third-order valence-corrected chi connectivity index (χ3v) is 10.7. The van der Waals surface area contributed by atoms with Crippen LogP contribution >= 0.6 is 0 Å². The van der Waals surface area contributed by atoms with E-state index in [9.17, 15) is 18.4 Å². The van der Waals surface area contributed by atoms with Gasteiger partial charge in [0.2, 0.25) is 0 Å². The summed E-state index contributed by atoms with van der Waals surface area (Å²) in [4.78, 5) is 6.13. The van der Waals surface area contributed by atoms with Gasteiger partial charge in [-0.1, -0.05) is 0 Å². The number of likely N-dealkylation sites (N-methyl/N-ethyl adjacent to an activating group) is 2. The van der Waals surface area contributed by atoms with Crippen LogP contribution in [0, 0.1) is 39.9 Å². The van der Waals surface area contributed by atoms with Crippen molar-refractivity contribution in [1.82, 2.24) is 36.0 Å². The van der Waals surface area contributed by atoms with Crippen molar-refractivity contribution in [3.8, 4) is 6.07 Å². The lowest BCUT2D eigenvalue weighted by Gasteiger charge is -2.46. The van der Waals surface area contributed by atoms with E-state index in [0.717, 1.165) is 71.0 Å². The second kappa shape index (κ2) is 10.3. The Labute approximate surface area is 229 Å². The third kappa shape index (κ3) is 5.03. The predicted molar refractivity (Wildman–Crippen MR) is 141 cm³/mol. The molecule has 0 aromatic heterocycles. The highest BCUT2D eigenvalue weighted by atomic mass is 19.4. The van der Waals surface area contributed by atoms with Crippen LogP contribution in [0.1, 0.15) is 51.4 Å². The van der Waals surface area contributed by atoms with Gasteiger partial charge in [-0.25, -0.2) is 0 Å². The Hall–Kier alpha value is -1.65. The van der Waals surface area contributed by atoms with Crippen LogP contribution in [0.4, 0.5) is 13.2 Å². The van der Waals surface area contributed by atoms with Crippen molar-refractivity contribution in [2.75, 3.05) is 40.3 Å². The number of guanidine groups is 1. The van der Waals surface area contributed by atoms with Gasteiger partial charge < -0.3 is 15.1 Å². The van der Waals surface area contributed by atoms with Crippen LogP contribution in [0.2, 0.25) is 0 Å². The van der Waals surface area contributed by atoms with Crippen LogP contribution in [-0.4, -0.2) is 104 Å². The first-order valence-corrected chi connectivity index (χ1v) is 14.9. The molecule has 6 rings (SSSR count). The maximum atomic E-state index is 13.3. The maximum Gasteiger partial charge on any atom is 0.405 e. The van der Waals surface area contributed by atoms with Crippen molar-refractivity contribution in [1.29, 1.82) is 10.7 Å². The van der Waals surface area contributed by atoms with Gasteiger partial charge in [0, 0.05) is 38.6 Å². The summed E-state index contributed by atoms with van der Waals surface area (Å²) in [5, 5.41) is 32.9. The third-order valence-electron chi connectivity index (χ3n) is 10.7. The largest absolute Gasteiger partial charge is 0.405 e. The Morgan fingerprint density at radius 2 is 1.79 bits per heavy atom. The molecule has 4 saturated heterocycles. The van der Waals surface area contributed by atoms with E-state index in [1.54, 1.807) is 7.05 Å². The highest BCUT2D eigenvalue weighted by Gasteiger charge is 2.56. The summed E-state index contributed by atoms with van der Waals surface area (Å²) in [7, 11) is 3.80. The van der Waals surface area contributed by atoms with Crippen molar-refractivity contribution >= 4 is 5.96 Å². The molecule has 2 saturated carbocycles. The minimum atomic E-state index is -4.21. The monoisotopic (exact) mass is 551 g/mol. The second-order valence-electron chi connectivity index (χ2n) is 13.1. The number of halogens is 3. The minimum Gasteiger partial charge on any atom is -0.338 e. The first kappa shape index (κ1) is 27.5. The molecule has 4 aliphatic heterocycles. The number of rotatable bonds is 5. The van der Waals surface area contributed by atoms with Gasteiger partial charge in [-0.3, -0.25) is 26.3 Å². The molecule has 0 spiro atoms. The Morgan fingerprint density at radius 1 is 1.05 bits per heavy atom.